The summed E-state index contributed by atoms with van der Waals surface area (Å²) in [5, 5.41) is 0. The number of hydrogen-bond acceptors (Lipinski definition) is 2. The Hall–Kier alpha value is -0.630. The Labute approximate surface area is 111 Å². The van der Waals surface area contributed by atoms with E-state index in [1.807, 2.05) is 0 Å². The summed E-state index contributed by atoms with van der Waals surface area (Å²) >= 11 is 4.38. The van der Waals surface area contributed by atoms with Gasteiger partial charge in [-0.15, -0.1) is 0 Å². The summed E-state index contributed by atoms with van der Waals surface area (Å²) in [6, 6.07) is 4.33. The molecule has 0 spiro atoms. The summed E-state index contributed by atoms with van der Waals surface area (Å²) < 4.78 is 5.96. The Bertz CT molecular complexity index is 360. The first kappa shape index (κ1) is 14.4. The highest BCUT2D eigenvalue weighted by atomic mass is 32.1. The van der Waals surface area contributed by atoms with Gasteiger partial charge in [0.2, 0.25) is 0 Å². The molecule has 1 rings (SSSR count). The number of aryl methyl sites for hydroxylation is 2. The molecule has 0 aliphatic rings. The lowest BCUT2D eigenvalue weighted by Gasteiger charge is -2.17. The maximum Gasteiger partial charge on any atom is 0.122 e. The topological polar surface area (TPSA) is 9.23 Å². The summed E-state index contributed by atoms with van der Waals surface area (Å²) in [4.78, 5) is 0. The third-order valence-electron chi connectivity index (χ3n) is 3.19. The summed E-state index contributed by atoms with van der Waals surface area (Å²) in [6.07, 6.45) is 2.38. The molecule has 1 atom stereocenters. The Morgan fingerprint density at radius 3 is 2.53 bits per heavy atom. The van der Waals surface area contributed by atoms with Gasteiger partial charge in [-0.2, -0.15) is 12.6 Å². The average Bonchev–Trinajstić information content (AvgIpc) is 2.30. The molecular formula is C15H24OS. The van der Waals surface area contributed by atoms with Crippen LogP contribution in [0.2, 0.25) is 0 Å². The van der Waals surface area contributed by atoms with E-state index in [4.69, 9.17) is 4.74 Å². The van der Waals surface area contributed by atoms with E-state index in [0.29, 0.717) is 5.92 Å². The quantitative estimate of drug-likeness (QED) is 0.741. The van der Waals surface area contributed by atoms with Crippen LogP contribution < -0.4 is 4.74 Å². The average molecular weight is 252 g/mol. The minimum Gasteiger partial charge on any atom is -0.493 e. The molecule has 0 saturated carbocycles. The summed E-state index contributed by atoms with van der Waals surface area (Å²) in [7, 11) is 0. The second kappa shape index (κ2) is 6.95. The molecule has 1 aromatic carbocycles. The number of ether oxygens (including phenoxy) is 1. The first-order valence-electron chi connectivity index (χ1n) is 6.40. The van der Waals surface area contributed by atoms with E-state index in [1.54, 1.807) is 0 Å². The Kier molecular flexibility index (Phi) is 5.90. The van der Waals surface area contributed by atoms with Gasteiger partial charge in [0.15, 0.2) is 0 Å². The van der Waals surface area contributed by atoms with Gasteiger partial charge in [-0.25, -0.2) is 0 Å². The van der Waals surface area contributed by atoms with E-state index in [-0.39, 0.29) is 0 Å². The van der Waals surface area contributed by atoms with Gasteiger partial charge in [-0.05, 0) is 55.7 Å². The molecule has 17 heavy (non-hydrogen) atoms. The Morgan fingerprint density at radius 2 is 1.94 bits per heavy atom. The zero-order valence-corrected chi connectivity index (χ0v) is 12.3. The lowest BCUT2D eigenvalue weighted by atomic mass is 10.1. The van der Waals surface area contributed by atoms with Crippen LogP contribution in [0.4, 0.5) is 0 Å². The molecule has 0 heterocycles. The van der Waals surface area contributed by atoms with Gasteiger partial charge in [-0.1, -0.05) is 19.4 Å². The van der Waals surface area contributed by atoms with E-state index < -0.39 is 0 Å². The van der Waals surface area contributed by atoms with Crippen LogP contribution in [-0.4, -0.2) is 12.4 Å². The van der Waals surface area contributed by atoms with Crippen LogP contribution >= 0.6 is 12.6 Å². The largest absolute Gasteiger partial charge is 0.493 e. The first-order valence-corrected chi connectivity index (χ1v) is 7.03. The lowest BCUT2D eigenvalue weighted by molar-refractivity contribution is 0.253. The van der Waals surface area contributed by atoms with Gasteiger partial charge in [0.05, 0.1) is 6.61 Å². The standard InChI is InChI=1S/C15H24OS/c1-5-6-14(10-17)9-16-15-8-11(2)7-12(3)13(15)4/h7-8,14,17H,5-6,9-10H2,1-4H3. The maximum atomic E-state index is 5.96. The highest BCUT2D eigenvalue weighted by molar-refractivity contribution is 7.80. The van der Waals surface area contributed by atoms with Gasteiger partial charge >= 0.3 is 0 Å². The van der Waals surface area contributed by atoms with Gasteiger partial charge < -0.3 is 4.74 Å². The highest BCUT2D eigenvalue weighted by Crippen LogP contribution is 2.24. The molecule has 0 bridgehead atoms. The van der Waals surface area contributed by atoms with Crippen molar-refractivity contribution in [2.24, 2.45) is 5.92 Å². The number of benzene rings is 1. The van der Waals surface area contributed by atoms with Crippen molar-refractivity contribution in [3.05, 3.63) is 28.8 Å². The maximum absolute atomic E-state index is 5.96. The molecule has 0 aliphatic carbocycles. The van der Waals surface area contributed by atoms with Crippen molar-refractivity contribution in [2.75, 3.05) is 12.4 Å². The van der Waals surface area contributed by atoms with Gasteiger partial charge in [0.25, 0.3) is 0 Å². The smallest absolute Gasteiger partial charge is 0.122 e. The fraction of sp³-hybridized carbons (Fsp3) is 0.600. The molecule has 0 N–H and O–H groups in total. The fourth-order valence-electron chi connectivity index (χ4n) is 1.99. The third kappa shape index (κ3) is 4.27. The van der Waals surface area contributed by atoms with Gasteiger partial charge in [0, 0.05) is 5.92 Å². The SMILES string of the molecule is CCCC(CS)COc1cc(C)cc(C)c1C. The van der Waals surface area contributed by atoms with Crippen LogP contribution in [0.5, 0.6) is 5.75 Å². The second-order valence-corrected chi connectivity index (χ2v) is 5.22. The van der Waals surface area contributed by atoms with Crippen molar-refractivity contribution in [3.8, 4) is 5.75 Å². The van der Waals surface area contributed by atoms with Crippen LogP contribution in [0.3, 0.4) is 0 Å². The first-order chi connectivity index (χ1) is 8.08. The van der Waals surface area contributed by atoms with Crippen molar-refractivity contribution in [2.45, 2.75) is 40.5 Å². The molecule has 0 amide bonds. The number of rotatable bonds is 6. The zero-order chi connectivity index (χ0) is 12.8. The zero-order valence-electron chi connectivity index (χ0n) is 11.4. The lowest BCUT2D eigenvalue weighted by Crippen LogP contribution is -2.14. The van der Waals surface area contributed by atoms with Crippen molar-refractivity contribution < 1.29 is 4.74 Å². The van der Waals surface area contributed by atoms with E-state index in [0.717, 1.165) is 18.1 Å². The molecule has 96 valence electrons. The molecule has 1 nitrogen and oxygen atoms in total. The Balaban J connectivity index is 2.68. The molecule has 0 aliphatic heterocycles. The third-order valence-corrected chi connectivity index (χ3v) is 3.71. The summed E-state index contributed by atoms with van der Waals surface area (Å²) in [5.41, 5.74) is 3.82. The normalized spacial score (nSPS) is 12.5. The van der Waals surface area contributed by atoms with Crippen LogP contribution in [0.1, 0.15) is 36.5 Å². The summed E-state index contributed by atoms with van der Waals surface area (Å²) in [5.74, 6) is 2.49. The van der Waals surface area contributed by atoms with E-state index in [9.17, 15) is 0 Å². The predicted octanol–water partition coefficient (Wildman–Crippen LogP) is 4.34. The molecule has 0 radical (unpaired) electrons. The minimum atomic E-state index is 0.559. The van der Waals surface area contributed by atoms with Gasteiger partial charge in [-0.3, -0.25) is 0 Å². The second-order valence-electron chi connectivity index (χ2n) is 4.85. The molecule has 1 unspecified atom stereocenters. The predicted molar refractivity (Wildman–Crippen MR) is 78.4 cm³/mol. The molecule has 0 fully saturated rings. The molecule has 0 aromatic heterocycles. The van der Waals surface area contributed by atoms with Crippen LogP contribution in [-0.2, 0) is 0 Å². The van der Waals surface area contributed by atoms with Crippen LogP contribution in [0.25, 0.3) is 0 Å². The van der Waals surface area contributed by atoms with Crippen LogP contribution in [0, 0.1) is 26.7 Å². The van der Waals surface area contributed by atoms with Crippen LogP contribution in [0.15, 0.2) is 12.1 Å². The monoisotopic (exact) mass is 252 g/mol. The van der Waals surface area contributed by atoms with Gasteiger partial charge in [0.1, 0.15) is 5.75 Å². The molecule has 2 heteroatoms. The fourth-order valence-corrected chi connectivity index (χ4v) is 2.28. The number of thiol groups is 1. The van der Waals surface area contributed by atoms with E-state index in [1.165, 1.54) is 29.5 Å². The molecular weight excluding hydrogens is 228 g/mol. The van der Waals surface area contributed by atoms with Crippen molar-refractivity contribution in [3.63, 3.8) is 0 Å². The highest BCUT2D eigenvalue weighted by Gasteiger charge is 2.09. The minimum absolute atomic E-state index is 0.559. The van der Waals surface area contributed by atoms with Crippen molar-refractivity contribution >= 4 is 12.6 Å². The van der Waals surface area contributed by atoms with E-state index >= 15 is 0 Å². The molecule has 1 aromatic rings. The van der Waals surface area contributed by atoms with Crippen molar-refractivity contribution in [1.82, 2.24) is 0 Å². The van der Waals surface area contributed by atoms with Crippen molar-refractivity contribution in [1.29, 1.82) is 0 Å². The summed E-state index contributed by atoms with van der Waals surface area (Å²) in [6.45, 7) is 9.36. The number of hydrogen-bond donors (Lipinski definition) is 1. The van der Waals surface area contributed by atoms with E-state index in [2.05, 4.69) is 52.5 Å². The molecule has 0 saturated heterocycles. The Morgan fingerprint density at radius 1 is 1.24 bits per heavy atom.